The van der Waals surface area contributed by atoms with Crippen LogP contribution in [-0.2, 0) is 89.2 Å². The molecule has 0 saturated carbocycles. The average molecular weight is 2120 g/mol. The molecule has 3 aliphatic heterocycles. The van der Waals surface area contributed by atoms with E-state index in [-0.39, 0.29) is 112 Å². The van der Waals surface area contributed by atoms with E-state index < -0.39 is 105 Å². The monoisotopic (exact) mass is 2120 g/mol. The van der Waals surface area contributed by atoms with E-state index in [9.17, 15) is 66.1 Å². The van der Waals surface area contributed by atoms with Crippen molar-refractivity contribution in [3.05, 3.63) is 205 Å². The minimum atomic E-state index is -3.65. The van der Waals surface area contributed by atoms with Gasteiger partial charge in [-0.15, -0.1) is 38.2 Å². The van der Waals surface area contributed by atoms with Crippen LogP contribution in [0, 0.1) is 15.0 Å². The summed E-state index contributed by atoms with van der Waals surface area (Å²) in [6.45, 7) is 3.00. The van der Waals surface area contributed by atoms with E-state index >= 15 is 0 Å². The summed E-state index contributed by atoms with van der Waals surface area (Å²) in [5, 5.41) is 88.9. The van der Waals surface area contributed by atoms with Crippen LogP contribution >= 0.6 is 105 Å². The van der Waals surface area contributed by atoms with Crippen LogP contribution in [0.5, 0.6) is 0 Å². The molecular weight excluding hydrogens is 2010 g/mol. The summed E-state index contributed by atoms with van der Waals surface area (Å²) in [4.78, 5) is 150. The number of ether oxygens (including phenoxy) is 6. The zero-order valence-electron chi connectivity index (χ0n) is 71.6. The van der Waals surface area contributed by atoms with Crippen LogP contribution in [0.15, 0.2) is 175 Å². The predicted molar refractivity (Wildman–Crippen MR) is 523 cm³/mol. The summed E-state index contributed by atoms with van der Waals surface area (Å²) in [5.74, 6) is -5.25. The van der Waals surface area contributed by atoms with Gasteiger partial charge in [0.2, 0.25) is 6.10 Å². The van der Waals surface area contributed by atoms with Crippen molar-refractivity contribution in [1.29, 1.82) is 0 Å². The van der Waals surface area contributed by atoms with Gasteiger partial charge in [-0.1, -0.05) is 61.3 Å². The van der Waals surface area contributed by atoms with Gasteiger partial charge in [0.15, 0.2) is 34.3 Å². The van der Waals surface area contributed by atoms with Crippen molar-refractivity contribution in [1.82, 2.24) is 0 Å². The Morgan fingerprint density at radius 1 is 0.496 bits per heavy atom. The number of aliphatic hydroxyl groups excluding tert-OH is 4. The number of alkyl halides is 2. The average Bonchev–Trinajstić information content (AvgIpc) is 0.848. The fourth-order valence-electron chi connectivity index (χ4n) is 9.26. The predicted octanol–water partition coefficient (Wildman–Crippen LogP) is 9.14. The van der Waals surface area contributed by atoms with E-state index in [0.29, 0.717) is 111 Å². The maximum absolute atomic E-state index is 12.7. The van der Waals surface area contributed by atoms with Crippen LogP contribution in [0.3, 0.4) is 0 Å². The summed E-state index contributed by atoms with van der Waals surface area (Å²) in [6, 6.07) is 46.0. The maximum Gasteiger partial charge on any atom is 1.00 e. The quantitative estimate of drug-likeness (QED) is 0.00317. The first-order valence-electron chi connectivity index (χ1n) is 37.5. The standard InChI is InChI=1S/C21H22ClN3O7S.C21H22ClN3O5S.C11H12ClNO4S.C10H12N2O2.C6H4ClNO.C4H8O3S.C3H5ClO3.C3H7ClO2.CH4S.2CH4.HNO3.Na/c1-33(29,30)13-18(32-21(28)24-16-4-2-14(22)3-5-16)20(27)23-15-6-8-17(9-7-15)25-10-11-31-12-19(25)26;1-31-13-18(30-21(28)24-16-4-2-14(22)3-5-16)20(27)23-15-6-8-17(9-7-15)25-10-11-29-12-19(25)26;1-18-6-9(10(14)15)17-11(16)13-8-4-2-7(12)3-5-8;11-8-1-3-9(4-2-8)12-5-6-14-7-10(12)13;7-5-1-3-6(8-9)4-2-5;1-8-2-3(5)4(6)7;4-1-2(5)3(6)7;4-1-3(6)2-5;1-2;;;2-1(3)4;/h2-9,18H,10-13H2,1H3,(H,23,27)(H,24,28);2-9,18H,10-13H2,1H3,(H,23,27)(H,24,28);2-5,9H,6H2,1H3,(H,13,16)(H,14,15);1-4H,5-7,11H2;1-4H;3,5H,2H2,1H3,(H,6,7);2,5H,1H2,(H,6,7);3,5-6H,1-2H2;2H,1H3;2*1H4;(H,2,3,4);/q;;;;;;;;;;;;+1/p-1/t2*18-;9-;;;3-;2-;3-;;;;;/m111..111...../s1. The van der Waals surface area contributed by atoms with E-state index in [4.69, 9.17) is 155 Å². The second-order valence-corrected chi connectivity index (χ2v) is 32.8. The summed E-state index contributed by atoms with van der Waals surface area (Å²) in [7, 11) is -3.65. The summed E-state index contributed by atoms with van der Waals surface area (Å²) < 4.78 is 54.0. The van der Waals surface area contributed by atoms with Gasteiger partial charge in [-0.05, 0) is 194 Å². The van der Waals surface area contributed by atoms with Crippen LogP contribution in [0.1, 0.15) is 14.9 Å². The molecule has 0 radical (unpaired) electrons. The van der Waals surface area contributed by atoms with Crippen molar-refractivity contribution in [3.8, 4) is 0 Å². The minimum Gasteiger partial charge on any atom is -0.796 e. The maximum atomic E-state index is 12.7. The summed E-state index contributed by atoms with van der Waals surface area (Å²) >= 11 is 40.9. The fraction of sp³-hybridized carbons (Fsp3) is 0.354. The van der Waals surface area contributed by atoms with E-state index in [1.807, 2.05) is 18.4 Å². The number of nitrogens with two attached hydrogens (primary N) is 1. The van der Waals surface area contributed by atoms with Crippen LogP contribution in [0.2, 0.25) is 20.1 Å². The number of carbonyl (C=O) groups is 11. The van der Waals surface area contributed by atoms with E-state index in [2.05, 4.69) is 44.4 Å². The molecule has 0 aromatic heterocycles. The Hall–Kier alpha value is -9.48. The zero-order chi connectivity index (χ0) is 99.4. The Kier molecular flexibility index (Phi) is 70.8. The molecule has 740 valence electrons. The third kappa shape index (κ3) is 58.0. The number of rotatable bonds is 28. The molecule has 41 nitrogen and oxygen atoms in total. The molecule has 7 aromatic carbocycles. The van der Waals surface area contributed by atoms with Gasteiger partial charge in [0.05, 0.1) is 50.0 Å². The number of amides is 8. The molecule has 6 atom stereocenters. The Labute approximate surface area is 848 Å². The number of aliphatic hydroxyl groups is 4. The third-order valence-electron chi connectivity index (χ3n) is 15.4. The van der Waals surface area contributed by atoms with Crippen LogP contribution in [-0.4, -0.2) is 289 Å². The van der Waals surface area contributed by atoms with Gasteiger partial charge in [-0.25, -0.2) is 37.2 Å². The van der Waals surface area contributed by atoms with Crippen molar-refractivity contribution in [2.75, 3.05) is 179 Å². The zero-order valence-corrected chi connectivity index (χ0v) is 82.2. The van der Waals surface area contributed by atoms with Gasteiger partial charge in [0.25, 0.3) is 34.6 Å². The number of carbonyl (C=O) groups excluding carboxylic acids is 8. The molecule has 135 heavy (non-hydrogen) atoms. The van der Waals surface area contributed by atoms with Gasteiger partial charge in [0, 0.05) is 114 Å². The number of benzene rings is 7. The third-order valence-corrected chi connectivity index (χ3v) is 19.9. The van der Waals surface area contributed by atoms with Gasteiger partial charge in [-0.3, -0.25) is 39.9 Å². The van der Waals surface area contributed by atoms with Gasteiger partial charge in [-0.2, -0.15) is 41.5 Å². The molecule has 10 rings (SSSR count). The van der Waals surface area contributed by atoms with Crippen LogP contribution in [0.25, 0.3) is 0 Å². The second kappa shape index (κ2) is 73.7. The van der Waals surface area contributed by atoms with E-state index in [0.717, 1.165) is 17.6 Å². The molecule has 3 fully saturated rings. The van der Waals surface area contributed by atoms with Crippen molar-refractivity contribution >= 4 is 250 Å². The Bertz CT molecular complexity index is 4830. The number of sulfone groups is 1. The number of anilines is 9. The summed E-state index contributed by atoms with van der Waals surface area (Å²) in [6.07, 6.45) is -1.83. The number of halogens is 6. The van der Waals surface area contributed by atoms with Gasteiger partial charge < -0.3 is 113 Å². The number of nitroso groups, excluding NO2 is 1. The number of aliphatic carboxylic acids is 3. The number of nitrogens with one attached hydrogen (secondary N) is 5. The topological polar surface area (TPSA) is 608 Å². The van der Waals surface area contributed by atoms with Crippen molar-refractivity contribution < 1.29 is 165 Å². The number of nitrogens with zero attached hydrogens (tertiary/aromatic N) is 5. The number of carboxylic acid groups (broad SMARTS) is 3. The molecule has 15 N–H and O–H groups in total. The Balaban J connectivity index is -0.00000156. The van der Waals surface area contributed by atoms with Crippen LogP contribution < -0.4 is 76.6 Å². The minimum absolute atomic E-state index is 0. The first-order chi connectivity index (χ1) is 62.6. The second-order valence-electron chi connectivity index (χ2n) is 25.5. The molecule has 0 spiro atoms. The van der Waals surface area contributed by atoms with Crippen LogP contribution in [0.4, 0.5) is 71.3 Å². The van der Waals surface area contributed by atoms with Crippen molar-refractivity contribution in [2.24, 2.45) is 5.18 Å². The molecule has 3 heterocycles. The fourth-order valence-corrected chi connectivity index (χ4v) is 12.3. The number of hydrogen-bond donors (Lipinski definition) is 14. The molecule has 0 unspecified atom stereocenters. The van der Waals surface area contributed by atoms with Crippen molar-refractivity contribution in [2.45, 2.75) is 51.5 Å². The number of morpholine rings is 3. The van der Waals surface area contributed by atoms with Gasteiger partial charge >= 0.3 is 65.7 Å². The molecule has 3 aliphatic rings. The first kappa shape index (κ1) is 130. The number of carboxylic acids is 3. The van der Waals surface area contributed by atoms with Gasteiger partial charge in [0.1, 0.15) is 25.5 Å². The van der Waals surface area contributed by atoms with E-state index in [1.165, 1.54) is 47.4 Å². The normalized spacial score (nSPS) is 13.3. The molecule has 8 amide bonds. The van der Waals surface area contributed by atoms with Crippen molar-refractivity contribution in [3.63, 3.8) is 0 Å². The first-order valence-corrected chi connectivity index (χ1v) is 47.2. The number of thioether (sulfide) groups is 3. The summed E-state index contributed by atoms with van der Waals surface area (Å²) in [5.41, 5.74) is 11.1. The molecule has 7 aromatic rings. The molecule has 0 aliphatic carbocycles. The number of hydrogen-bond acceptors (Lipinski definition) is 32. The molecular formula is C82H104Cl6N11NaO30S5. The largest absolute Gasteiger partial charge is 1.00 e. The molecule has 53 heteroatoms. The Morgan fingerprint density at radius 2 is 0.778 bits per heavy atom. The SMILES string of the molecule is C.C.CS(=O)(=O)C[C@@H](OC(=O)Nc1ccc(Cl)cc1)C(=O)Nc1ccc(N2CCOCC2=O)cc1.CSC[C@@H](O)C(=O)O.CSC[C@@H](OC(=O)Nc1ccc(Cl)cc1)C(=O)Nc1ccc(N2CCOCC2=O)cc1.CSC[C@@H](OC(=O)Nc1ccc(Cl)cc1)C(=O)O.C[S-].Nc1ccc(N2CCOCC2=O)cc1.O=C(O)[C@H](O)CCl.O=Nc1ccc(Cl)cc1.O=[N+]([O-])O.OC[C@H](O)CCl.[Na+]. The Morgan fingerprint density at radius 3 is 1.03 bits per heavy atom. The molecule has 0 bridgehead atoms. The smallest absolute Gasteiger partial charge is 0.796 e. The molecule has 3 saturated heterocycles. The van der Waals surface area contributed by atoms with E-state index in [1.54, 1.807) is 179 Å². The number of nitrogen functional groups attached to an aromatic ring is 1.